The minimum Gasteiger partial charge on any atom is -0.481 e. The third kappa shape index (κ3) is 5.48. The molecule has 1 saturated carbocycles. The minimum atomic E-state index is -0.841. The standard InChI is InChI=1S/C29H30FNO5/c1-17(29(34)36-3)28(20-8-9-20)21-10-11-22(16-32)23(12-21)13-26(33)19-6-4-18(5-7-19)24-14-27(35-2)31-15-25(24)30/h4-7,10-12,14-15,20,26,32-33H,8-9,13,16H2,1-3H3/b28-17-. The molecule has 0 spiro atoms. The van der Waals surface area contributed by atoms with Crippen LogP contribution in [0.1, 0.15) is 48.1 Å². The Labute approximate surface area is 210 Å². The van der Waals surface area contributed by atoms with Gasteiger partial charge < -0.3 is 19.7 Å². The number of methoxy groups -OCH3 is 2. The first-order valence-corrected chi connectivity index (χ1v) is 11.9. The zero-order chi connectivity index (χ0) is 25.8. The summed E-state index contributed by atoms with van der Waals surface area (Å²) in [7, 11) is 2.84. The highest BCUT2D eigenvalue weighted by molar-refractivity contribution is 5.98. The molecule has 1 unspecified atom stereocenters. The van der Waals surface area contributed by atoms with Crippen molar-refractivity contribution in [3.63, 3.8) is 0 Å². The van der Waals surface area contributed by atoms with Crippen LogP contribution in [0.3, 0.4) is 0 Å². The number of nitrogens with zero attached hydrogens (tertiary/aromatic N) is 1. The lowest BCUT2D eigenvalue weighted by Crippen LogP contribution is -2.08. The van der Waals surface area contributed by atoms with Crippen molar-refractivity contribution in [2.45, 2.75) is 38.9 Å². The molecule has 7 heteroatoms. The Balaban J connectivity index is 1.60. The second-order valence-corrected chi connectivity index (χ2v) is 8.99. The van der Waals surface area contributed by atoms with Crippen LogP contribution < -0.4 is 4.74 Å². The zero-order valence-corrected chi connectivity index (χ0v) is 20.6. The second-order valence-electron chi connectivity index (χ2n) is 8.99. The number of ether oxygens (including phenoxy) is 2. The summed E-state index contributed by atoms with van der Waals surface area (Å²) < 4.78 is 24.3. The van der Waals surface area contributed by atoms with Crippen LogP contribution in [0.15, 0.2) is 60.3 Å². The lowest BCUT2D eigenvalue weighted by Gasteiger charge is -2.17. The number of rotatable bonds is 9. The second kappa shape index (κ2) is 11.0. The Hall–Kier alpha value is -3.55. The number of allylic oxidation sites excluding steroid dienone is 1. The lowest BCUT2D eigenvalue weighted by atomic mass is 9.90. The fourth-order valence-electron chi connectivity index (χ4n) is 4.49. The van der Waals surface area contributed by atoms with Crippen molar-refractivity contribution in [2.75, 3.05) is 14.2 Å². The molecule has 188 valence electrons. The summed E-state index contributed by atoms with van der Waals surface area (Å²) in [4.78, 5) is 16.1. The van der Waals surface area contributed by atoms with E-state index in [9.17, 15) is 19.4 Å². The van der Waals surface area contributed by atoms with E-state index in [1.165, 1.54) is 20.3 Å². The topological polar surface area (TPSA) is 88.9 Å². The fraction of sp³-hybridized carbons (Fsp3) is 0.310. The van der Waals surface area contributed by atoms with E-state index in [4.69, 9.17) is 9.47 Å². The lowest BCUT2D eigenvalue weighted by molar-refractivity contribution is -0.135. The van der Waals surface area contributed by atoms with Gasteiger partial charge in [-0.05, 0) is 59.1 Å². The first-order chi connectivity index (χ1) is 17.4. The number of carbonyl (C=O) groups excluding carboxylic acids is 1. The van der Waals surface area contributed by atoms with Crippen LogP contribution in [-0.2, 0) is 22.6 Å². The summed E-state index contributed by atoms with van der Waals surface area (Å²) in [5.41, 5.74) is 5.62. The molecule has 4 rings (SSSR count). The first kappa shape index (κ1) is 25.5. The van der Waals surface area contributed by atoms with Crippen molar-refractivity contribution in [1.29, 1.82) is 0 Å². The fourth-order valence-corrected chi connectivity index (χ4v) is 4.49. The molecule has 1 heterocycles. The molecule has 0 amide bonds. The predicted molar refractivity (Wildman–Crippen MR) is 135 cm³/mol. The van der Waals surface area contributed by atoms with Crippen LogP contribution in [-0.4, -0.2) is 35.4 Å². The molecular formula is C29H30FNO5. The van der Waals surface area contributed by atoms with Crippen molar-refractivity contribution < 1.29 is 28.9 Å². The van der Waals surface area contributed by atoms with Crippen LogP contribution in [0.2, 0.25) is 0 Å². The molecular weight excluding hydrogens is 461 g/mol. The molecule has 2 N–H and O–H groups in total. The molecule has 2 aromatic carbocycles. The molecule has 1 aliphatic rings. The van der Waals surface area contributed by atoms with Gasteiger partial charge in [-0.2, -0.15) is 0 Å². The van der Waals surface area contributed by atoms with E-state index in [0.29, 0.717) is 39.6 Å². The summed E-state index contributed by atoms with van der Waals surface area (Å²) in [5.74, 6) is -0.195. The van der Waals surface area contributed by atoms with Crippen LogP contribution in [0.25, 0.3) is 16.7 Å². The molecule has 0 bridgehead atoms. The normalized spacial score (nSPS) is 14.7. The van der Waals surface area contributed by atoms with E-state index in [2.05, 4.69) is 4.98 Å². The zero-order valence-electron chi connectivity index (χ0n) is 20.6. The van der Waals surface area contributed by atoms with Gasteiger partial charge in [-0.3, -0.25) is 0 Å². The molecule has 0 radical (unpaired) electrons. The number of esters is 1. The number of aromatic nitrogens is 1. The molecule has 1 fully saturated rings. The highest BCUT2D eigenvalue weighted by atomic mass is 19.1. The Morgan fingerprint density at radius 1 is 1.11 bits per heavy atom. The minimum absolute atomic E-state index is 0.164. The smallest absolute Gasteiger partial charge is 0.333 e. The highest BCUT2D eigenvalue weighted by Crippen LogP contribution is 2.44. The number of aliphatic hydroxyl groups is 2. The van der Waals surface area contributed by atoms with Gasteiger partial charge >= 0.3 is 5.97 Å². The largest absolute Gasteiger partial charge is 0.481 e. The van der Waals surface area contributed by atoms with E-state index >= 15 is 0 Å². The summed E-state index contributed by atoms with van der Waals surface area (Å²) >= 11 is 0. The first-order valence-electron chi connectivity index (χ1n) is 11.9. The van der Waals surface area contributed by atoms with Gasteiger partial charge in [0.25, 0.3) is 0 Å². The average molecular weight is 492 g/mol. The van der Waals surface area contributed by atoms with Crippen molar-refractivity contribution in [1.82, 2.24) is 4.98 Å². The van der Waals surface area contributed by atoms with Crippen molar-refractivity contribution in [3.05, 3.63) is 88.4 Å². The Bertz CT molecular complexity index is 1280. The number of benzene rings is 2. The van der Waals surface area contributed by atoms with E-state index in [1.54, 1.807) is 31.2 Å². The third-order valence-electron chi connectivity index (χ3n) is 6.63. The van der Waals surface area contributed by atoms with Crippen molar-refractivity contribution >= 4 is 11.5 Å². The van der Waals surface area contributed by atoms with Crippen molar-refractivity contribution in [2.24, 2.45) is 5.92 Å². The summed E-state index contributed by atoms with van der Waals surface area (Å²) in [6, 6.07) is 14.2. The SMILES string of the molecule is COC(=O)/C(C)=C(\c1ccc(CO)c(CC(O)c2ccc(-c3cc(OC)ncc3F)cc2)c1)C1CC1. The van der Waals surface area contributed by atoms with Gasteiger partial charge in [0.1, 0.15) is 5.82 Å². The van der Waals surface area contributed by atoms with Crippen LogP contribution in [0, 0.1) is 11.7 Å². The molecule has 0 saturated heterocycles. The Kier molecular flexibility index (Phi) is 7.82. The van der Waals surface area contributed by atoms with Gasteiger partial charge in [-0.25, -0.2) is 14.2 Å². The maximum absolute atomic E-state index is 14.3. The van der Waals surface area contributed by atoms with Crippen LogP contribution >= 0.6 is 0 Å². The maximum atomic E-state index is 14.3. The summed E-state index contributed by atoms with van der Waals surface area (Å²) in [6.07, 6.45) is 2.58. The predicted octanol–water partition coefficient (Wildman–Crippen LogP) is 5.02. The van der Waals surface area contributed by atoms with Crippen molar-refractivity contribution in [3.8, 4) is 17.0 Å². The van der Waals surface area contributed by atoms with E-state index in [0.717, 1.165) is 35.7 Å². The Morgan fingerprint density at radius 2 is 1.83 bits per heavy atom. The quantitative estimate of drug-likeness (QED) is 0.323. The van der Waals surface area contributed by atoms with Crippen LogP contribution in [0.5, 0.6) is 5.88 Å². The van der Waals surface area contributed by atoms with E-state index in [1.807, 2.05) is 18.2 Å². The molecule has 1 aromatic heterocycles. The number of hydrogen-bond acceptors (Lipinski definition) is 6. The monoisotopic (exact) mass is 491 g/mol. The molecule has 3 aromatic rings. The summed E-state index contributed by atoms with van der Waals surface area (Å²) in [5, 5.41) is 20.9. The molecule has 1 aliphatic carbocycles. The molecule has 1 atom stereocenters. The number of carbonyl (C=O) groups is 1. The van der Waals surface area contributed by atoms with Gasteiger partial charge in [-0.1, -0.05) is 42.5 Å². The van der Waals surface area contributed by atoms with E-state index < -0.39 is 11.9 Å². The molecule has 0 aliphatic heterocycles. The van der Waals surface area contributed by atoms with Gasteiger partial charge in [0.05, 0.1) is 33.1 Å². The average Bonchev–Trinajstić information content (AvgIpc) is 3.74. The van der Waals surface area contributed by atoms with Gasteiger partial charge in [0, 0.05) is 23.6 Å². The molecule has 36 heavy (non-hydrogen) atoms. The van der Waals surface area contributed by atoms with Crippen LogP contribution in [0.4, 0.5) is 4.39 Å². The van der Waals surface area contributed by atoms with Gasteiger partial charge in [0.2, 0.25) is 5.88 Å². The maximum Gasteiger partial charge on any atom is 0.333 e. The van der Waals surface area contributed by atoms with Gasteiger partial charge in [0.15, 0.2) is 0 Å². The van der Waals surface area contributed by atoms with E-state index in [-0.39, 0.29) is 19.0 Å². The number of pyridine rings is 1. The summed E-state index contributed by atoms with van der Waals surface area (Å²) in [6.45, 7) is 1.61. The Morgan fingerprint density at radius 3 is 2.44 bits per heavy atom. The van der Waals surface area contributed by atoms with Gasteiger partial charge in [-0.15, -0.1) is 0 Å². The number of hydrogen-bond donors (Lipinski definition) is 2. The third-order valence-corrected chi connectivity index (χ3v) is 6.63. The molecule has 6 nitrogen and oxygen atoms in total. The highest BCUT2D eigenvalue weighted by Gasteiger charge is 2.31. The number of halogens is 1. The number of aliphatic hydroxyl groups excluding tert-OH is 2.